The van der Waals surface area contributed by atoms with Gasteiger partial charge in [0.2, 0.25) is 0 Å². The predicted molar refractivity (Wildman–Crippen MR) is 354 cm³/mol. The Morgan fingerprint density at radius 1 is 0.284 bits per heavy atom. The molecule has 88 heavy (non-hydrogen) atoms. The quantitative estimate of drug-likeness (QED) is 0.0222. The van der Waals surface area contributed by atoms with Crippen molar-refractivity contribution < 1.29 is 80.2 Å². The minimum Gasteiger partial charge on any atom is -0.462 e. The van der Waals surface area contributed by atoms with Crippen molar-refractivity contribution in [2.45, 2.75) is 356 Å². The van der Waals surface area contributed by atoms with Crippen LogP contribution in [0.25, 0.3) is 0 Å². The summed E-state index contributed by atoms with van der Waals surface area (Å²) in [4.78, 5) is 72.4. The van der Waals surface area contributed by atoms with Gasteiger partial charge in [-0.25, -0.2) is 9.13 Å². The average Bonchev–Trinajstić information content (AvgIpc) is 3.56. The van der Waals surface area contributed by atoms with Crippen LogP contribution in [0.4, 0.5) is 0 Å². The van der Waals surface area contributed by atoms with Crippen molar-refractivity contribution in [1.29, 1.82) is 0 Å². The molecule has 0 bridgehead atoms. The van der Waals surface area contributed by atoms with Gasteiger partial charge in [0.15, 0.2) is 12.2 Å². The van der Waals surface area contributed by atoms with E-state index in [4.69, 9.17) is 37.0 Å². The van der Waals surface area contributed by atoms with Crippen molar-refractivity contribution in [3.05, 3.63) is 0 Å². The molecule has 3 N–H and O–H groups in total. The first-order valence-electron chi connectivity index (χ1n) is 35.7. The Bertz CT molecular complexity index is 1750. The molecule has 0 aromatic rings. The molecule has 3 unspecified atom stereocenters. The predicted octanol–water partition coefficient (Wildman–Crippen LogP) is 19.3. The van der Waals surface area contributed by atoms with Crippen LogP contribution in [0.2, 0.25) is 0 Å². The summed E-state index contributed by atoms with van der Waals surface area (Å²) in [5, 5.41) is 10.6. The third-order valence-corrected chi connectivity index (χ3v) is 17.7. The SMILES string of the molecule is CC(C)CCCCCCCCCCCCCCCCCC(=O)O[C@H](COC(=O)CCCCCCCCCC(C)C)COP(=O)(O)OCC(O)COP(=O)(O)OC[C@@H](COC(=O)CCCCCCCCC(C)C)OC(=O)CCCCCCCCCCC(C)C. The maximum Gasteiger partial charge on any atom is 0.472 e. The van der Waals surface area contributed by atoms with E-state index in [0.717, 1.165) is 115 Å². The average molecular weight is 1300 g/mol. The number of hydrogen-bond acceptors (Lipinski definition) is 15. The molecule has 0 spiro atoms. The topological polar surface area (TPSA) is 237 Å². The molecular formula is C69H134O17P2. The molecule has 0 fully saturated rings. The number of aliphatic hydroxyl groups is 1. The minimum atomic E-state index is -4.95. The molecular weight excluding hydrogens is 1160 g/mol. The number of hydrogen-bond donors (Lipinski definition) is 3. The van der Waals surface area contributed by atoms with Crippen molar-refractivity contribution in [2.24, 2.45) is 23.7 Å². The molecule has 0 heterocycles. The van der Waals surface area contributed by atoms with Crippen LogP contribution in [-0.2, 0) is 65.4 Å². The number of carbonyl (C=O) groups excluding carboxylic acids is 4. The molecule has 0 aliphatic carbocycles. The van der Waals surface area contributed by atoms with Gasteiger partial charge in [-0.1, -0.05) is 287 Å². The molecule has 522 valence electrons. The Balaban J connectivity index is 5.20. The van der Waals surface area contributed by atoms with Crippen LogP contribution in [0, 0.1) is 23.7 Å². The van der Waals surface area contributed by atoms with E-state index in [9.17, 15) is 43.2 Å². The normalized spacial score (nSPS) is 14.3. The fourth-order valence-electron chi connectivity index (χ4n) is 10.3. The molecule has 0 saturated carbocycles. The molecule has 0 aromatic carbocycles. The second-order valence-corrected chi connectivity index (χ2v) is 29.7. The van der Waals surface area contributed by atoms with Crippen LogP contribution in [0.3, 0.4) is 0 Å². The fraction of sp³-hybridized carbons (Fsp3) is 0.942. The first kappa shape index (κ1) is 86.1. The molecule has 0 amide bonds. The van der Waals surface area contributed by atoms with Gasteiger partial charge in [-0.3, -0.25) is 37.3 Å². The first-order valence-corrected chi connectivity index (χ1v) is 38.7. The zero-order valence-corrected chi connectivity index (χ0v) is 59.1. The summed E-state index contributed by atoms with van der Waals surface area (Å²) >= 11 is 0. The van der Waals surface area contributed by atoms with Gasteiger partial charge in [0.25, 0.3) is 0 Å². The molecule has 5 atom stereocenters. The standard InChI is InChI=1S/C69H134O17P2/c1-59(2)45-37-29-21-16-14-12-10-9-11-13-15-17-24-35-43-51-68(73)85-64(55-79-66(71)49-41-33-26-20-23-31-39-47-61(5)6)57-83-87(75,76)81-53-63(70)54-82-88(77,78)84-58-65(56-80-67(72)50-42-34-28-27-32-40-48-62(7)8)86-69(74)52-44-36-25-19-18-22-30-38-46-60(3)4/h59-65,70H,9-58H2,1-8H3,(H,75,76)(H,77,78)/t63?,64-,65-/m1/s1. The maximum absolute atomic E-state index is 13.0. The zero-order valence-electron chi connectivity index (χ0n) is 57.3. The molecule has 0 aromatic heterocycles. The smallest absolute Gasteiger partial charge is 0.462 e. The van der Waals surface area contributed by atoms with Crippen LogP contribution in [0.5, 0.6) is 0 Å². The highest BCUT2D eigenvalue weighted by molar-refractivity contribution is 7.47. The number of carbonyl (C=O) groups is 4. The number of ether oxygens (including phenoxy) is 4. The number of rotatable bonds is 66. The van der Waals surface area contributed by atoms with E-state index in [1.807, 2.05) is 0 Å². The van der Waals surface area contributed by atoms with Gasteiger partial charge in [0, 0.05) is 25.7 Å². The summed E-state index contributed by atoms with van der Waals surface area (Å²) in [5.74, 6) is 0.770. The third-order valence-electron chi connectivity index (χ3n) is 15.8. The Morgan fingerprint density at radius 2 is 0.477 bits per heavy atom. The van der Waals surface area contributed by atoms with Gasteiger partial charge in [-0.2, -0.15) is 0 Å². The van der Waals surface area contributed by atoms with Gasteiger partial charge in [0.05, 0.1) is 26.4 Å². The lowest BCUT2D eigenvalue weighted by atomic mass is 10.0. The van der Waals surface area contributed by atoms with Gasteiger partial charge in [0.1, 0.15) is 19.3 Å². The number of esters is 4. The molecule has 19 heteroatoms. The summed E-state index contributed by atoms with van der Waals surface area (Å²) in [5.41, 5.74) is 0. The Kier molecular flexibility index (Phi) is 57.6. The minimum absolute atomic E-state index is 0.103. The zero-order chi connectivity index (χ0) is 65.4. The highest BCUT2D eigenvalue weighted by Crippen LogP contribution is 2.45. The summed E-state index contributed by atoms with van der Waals surface area (Å²) in [6.45, 7) is 14.0. The third kappa shape index (κ3) is 62.8. The van der Waals surface area contributed by atoms with Crippen LogP contribution >= 0.6 is 15.6 Å². The van der Waals surface area contributed by atoms with Crippen LogP contribution in [0.15, 0.2) is 0 Å². The number of aliphatic hydroxyl groups excluding tert-OH is 1. The van der Waals surface area contributed by atoms with Crippen LogP contribution in [0.1, 0.15) is 338 Å². The largest absolute Gasteiger partial charge is 0.472 e. The molecule has 0 rings (SSSR count). The van der Waals surface area contributed by atoms with E-state index < -0.39 is 97.5 Å². The van der Waals surface area contributed by atoms with E-state index in [1.165, 1.54) is 128 Å². The molecule has 0 aliphatic heterocycles. The van der Waals surface area contributed by atoms with E-state index in [-0.39, 0.29) is 25.7 Å². The van der Waals surface area contributed by atoms with Crippen molar-refractivity contribution in [2.75, 3.05) is 39.6 Å². The first-order chi connectivity index (χ1) is 42.1. The van der Waals surface area contributed by atoms with Gasteiger partial charge < -0.3 is 33.8 Å². The van der Waals surface area contributed by atoms with Crippen molar-refractivity contribution in [3.63, 3.8) is 0 Å². The highest BCUT2D eigenvalue weighted by atomic mass is 31.2. The monoisotopic (exact) mass is 1300 g/mol. The molecule has 0 radical (unpaired) electrons. The molecule has 17 nitrogen and oxygen atoms in total. The van der Waals surface area contributed by atoms with Gasteiger partial charge >= 0.3 is 39.5 Å². The summed E-state index contributed by atoms with van der Waals surface area (Å²) in [6.07, 6.45) is 40.6. The fourth-order valence-corrected chi connectivity index (χ4v) is 11.9. The van der Waals surface area contributed by atoms with Crippen molar-refractivity contribution in [3.8, 4) is 0 Å². The van der Waals surface area contributed by atoms with Gasteiger partial charge in [-0.15, -0.1) is 0 Å². The molecule has 0 aliphatic rings. The number of unbranched alkanes of at least 4 members (excludes halogenated alkanes) is 32. The second-order valence-electron chi connectivity index (χ2n) is 26.8. The van der Waals surface area contributed by atoms with Crippen LogP contribution < -0.4 is 0 Å². The summed E-state index contributed by atoms with van der Waals surface area (Å²) in [7, 11) is -9.90. The van der Waals surface area contributed by atoms with E-state index >= 15 is 0 Å². The Hall–Kier alpha value is -1.94. The lowest BCUT2D eigenvalue weighted by molar-refractivity contribution is -0.161. The Labute approximate surface area is 537 Å². The summed E-state index contributed by atoms with van der Waals surface area (Å²) < 4.78 is 68.2. The van der Waals surface area contributed by atoms with E-state index in [1.54, 1.807) is 0 Å². The number of phosphoric ester groups is 2. The van der Waals surface area contributed by atoms with Crippen LogP contribution in [-0.4, -0.2) is 96.7 Å². The number of phosphoric acid groups is 2. The van der Waals surface area contributed by atoms with E-state index in [2.05, 4.69) is 55.4 Å². The van der Waals surface area contributed by atoms with E-state index in [0.29, 0.717) is 37.5 Å². The highest BCUT2D eigenvalue weighted by Gasteiger charge is 2.30. The second kappa shape index (κ2) is 58.8. The lowest BCUT2D eigenvalue weighted by Gasteiger charge is -2.21. The molecule has 0 saturated heterocycles. The maximum atomic E-state index is 13.0. The Morgan fingerprint density at radius 3 is 0.705 bits per heavy atom. The summed E-state index contributed by atoms with van der Waals surface area (Å²) in [6, 6.07) is 0. The lowest BCUT2D eigenvalue weighted by Crippen LogP contribution is -2.30. The van der Waals surface area contributed by atoms with Crippen molar-refractivity contribution in [1.82, 2.24) is 0 Å². The van der Waals surface area contributed by atoms with Gasteiger partial charge in [-0.05, 0) is 49.4 Å². The van der Waals surface area contributed by atoms with Crippen molar-refractivity contribution >= 4 is 39.5 Å².